The van der Waals surface area contributed by atoms with E-state index in [4.69, 9.17) is 10.5 Å². The number of nitrogen functional groups attached to an aromatic ring is 1. The Morgan fingerprint density at radius 1 is 1.30 bits per heavy atom. The lowest BCUT2D eigenvalue weighted by Crippen LogP contribution is -2.56. The first-order valence-electron chi connectivity index (χ1n) is 11.3. The van der Waals surface area contributed by atoms with E-state index in [1.54, 1.807) is 18.7 Å². The molecule has 1 aromatic carbocycles. The van der Waals surface area contributed by atoms with Gasteiger partial charge in [0.05, 0.1) is 17.4 Å². The van der Waals surface area contributed by atoms with Crippen LogP contribution in [0.4, 0.5) is 5.69 Å². The van der Waals surface area contributed by atoms with E-state index >= 15 is 0 Å². The molecule has 2 unspecified atom stereocenters. The van der Waals surface area contributed by atoms with Crippen molar-refractivity contribution in [1.82, 2.24) is 10.2 Å². The summed E-state index contributed by atoms with van der Waals surface area (Å²) in [4.78, 5) is 43.7. The fourth-order valence-corrected chi connectivity index (χ4v) is 4.93. The highest BCUT2D eigenvalue weighted by atomic mass is 16.7. The Balaban J connectivity index is 1.34. The summed E-state index contributed by atoms with van der Waals surface area (Å²) in [5.41, 5.74) is 7.40. The van der Waals surface area contributed by atoms with Gasteiger partial charge in [0, 0.05) is 43.4 Å². The van der Waals surface area contributed by atoms with Crippen molar-refractivity contribution >= 4 is 29.2 Å². The van der Waals surface area contributed by atoms with Gasteiger partial charge in [-0.05, 0) is 51.2 Å². The van der Waals surface area contributed by atoms with Gasteiger partial charge in [0.25, 0.3) is 5.91 Å². The number of oxime groups is 1. The van der Waals surface area contributed by atoms with Crippen molar-refractivity contribution in [3.8, 4) is 5.75 Å². The van der Waals surface area contributed by atoms with Crippen molar-refractivity contribution in [3.63, 3.8) is 0 Å². The minimum absolute atomic E-state index is 0.0378. The largest absolute Gasteiger partial charge is 0.508 e. The molecule has 10 heteroatoms. The van der Waals surface area contributed by atoms with Gasteiger partial charge in [0.1, 0.15) is 11.7 Å². The highest BCUT2D eigenvalue weighted by Crippen LogP contribution is 2.37. The maximum atomic E-state index is 13.1. The summed E-state index contributed by atoms with van der Waals surface area (Å²) in [6, 6.07) is 2.73. The van der Waals surface area contributed by atoms with Crippen molar-refractivity contribution in [2.75, 3.05) is 25.4 Å². The van der Waals surface area contributed by atoms with Crippen LogP contribution in [0.3, 0.4) is 0 Å². The highest BCUT2D eigenvalue weighted by molar-refractivity contribution is 6.04. The first-order chi connectivity index (χ1) is 15.7. The topological polar surface area (TPSA) is 144 Å². The molecule has 3 heterocycles. The molecule has 0 bridgehead atoms. The van der Waals surface area contributed by atoms with E-state index in [-0.39, 0.29) is 30.0 Å². The minimum Gasteiger partial charge on any atom is -0.508 e. The van der Waals surface area contributed by atoms with Crippen LogP contribution in [0.2, 0.25) is 0 Å². The van der Waals surface area contributed by atoms with Gasteiger partial charge < -0.3 is 30.6 Å². The van der Waals surface area contributed by atoms with E-state index in [9.17, 15) is 19.5 Å². The van der Waals surface area contributed by atoms with Crippen LogP contribution >= 0.6 is 0 Å². The molecule has 4 rings (SSSR count). The first kappa shape index (κ1) is 23.0. The van der Waals surface area contributed by atoms with Crippen LogP contribution in [0.25, 0.3) is 0 Å². The molecule has 2 atom stereocenters. The second-order valence-electron chi connectivity index (χ2n) is 9.06. The van der Waals surface area contributed by atoms with Gasteiger partial charge in [-0.3, -0.25) is 9.59 Å². The second kappa shape index (κ2) is 9.01. The Labute approximate surface area is 192 Å². The van der Waals surface area contributed by atoms with Gasteiger partial charge in [0.2, 0.25) is 5.91 Å². The molecule has 33 heavy (non-hydrogen) atoms. The van der Waals surface area contributed by atoms with Crippen LogP contribution in [0.15, 0.2) is 17.3 Å². The van der Waals surface area contributed by atoms with Crippen molar-refractivity contribution < 1.29 is 29.1 Å². The molecule has 3 aliphatic heterocycles. The zero-order valence-electron chi connectivity index (χ0n) is 18.9. The predicted octanol–water partition coefficient (Wildman–Crippen LogP) is 1.49. The number of carbonyl (C=O) groups is 3. The summed E-state index contributed by atoms with van der Waals surface area (Å²) in [6.45, 7) is 4.97. The van der Waals surface area contributed by atoms with Crippen LogP contribution < -0.4 is 11.1 Å². The normalized spacial score (nSPS) is 24.0. The van der Waals surface area contributed by atoms with Crippen LogP contribution in [0.1, 0.15) is 54.9 Å². The van der Waals surface area contributed by atoms with Gasteiger partial charge in [-0.2, -0.15) is 0 Å². The molecule has 1 spiro atoms. The van der Waals surface area contributed by atoms with Gasteiger partial charge in [-0.15, -0.1) is 0 Å². The fourth-order valence-electron chi connectivity index (χ4n) is 4.93. The summed E-state index contributed by atoms with van der Waals surface area (Å²) in [6.07, 6.45) is 2.45. The third-order valence-electron chi connectivity index (χ3n) is 7.05. The third kappa shape index (κ3) is 4.52. The molecule has 10 nitrogen and oxygen atoms in total. The van der Waals surface area contributed by atoms with Crippen molar-refractivity contribution in [2.24, 2.45) is 11.1 Å². The number of carbonyl (C=O) groups excluding carboxylic acids is 3. The monoisotopic (exact) mass is 458 g/mol. The zero-order chi connectivity index (χ0) is 23.8. The molecule has 2 amide bonds. The summed E-state index contributed by atoms with van der Waals surface area (Å²) in [7, 11) is 0. The number of likely N-dealkylation sites (tertiary alicyclic amines) is 1. The Hall–Kier alpha value is -3.14. The van der Waals surface area contributed by atoms with E-state index in [0.29, 0.717) is 67.9 Å². The molecule has 0 saturated carbocycles. The molecule has 0 aromatic heterocycles. The minimum atomic E-state index is -0.511. The average Bonchev–Trinajstić information content (AvgIpc) is 3.31. The Kier molecular flexibility index (Phi) is 6.29. The Morgan fingerprint density at radius 3 is 2.70 bits per heavy atom. The Bertz CT molecular complexity index is 999. The number of rotatable bonds is 5. The lowest BCUT2D eigenvalue weighted by molar-refractivity contribution is -0.143. The van der Waals surface area contributed by atoms with Crippen LogP contribution in [-0.2, 0) is 19.2 Å². The van der Waals surface area contributed by atoms with E-state index in [1.807, 2.05) is 0 Å². The van der Waals surface area contributed by atoms with E-state index < -0.39 is 17.5 Å². The number of amides is 2. The molecule has 0 radical (unpaired) electrons. The SMILES string of the molecule is CC1=NOC(=O)C1CCC(=O)NC1CCOC12CCN(C(=O)c1cc(O)cc(N)c1C)CC2. The van der Waals surface area contributed by atoms with E-state index in [2.05, 4.69) is 15.3 Å². The number of hydrogen-bond acceptors (Lipinski definition) is 8. The summed E-state index contributed by atoms with van der Waals surface area (Å²) >= 11 is 0. The molecule has 0 aliphatic carbocycles. The number of benzene rings is 1. The number of hydrogen-bond donors (Lipinski definition) is 3. The first-order valence-corrected chi connectivity index (χ1v) is 11.3. The fraction of sp³-hybridized carbons (Fsp3) is 0.565. The number of ether oxygens (including phenoxy) is 1. The van der Waals surface area contributed by atoms with E-state index in [0.717, 1.165) is 0 Å². The van der Waals surface area contributed by atoms with Crippen molar-refractivity contribution in [1.29, 1.82) is 0 Å². The lowest BCUT2D eigenvalue weighted by atomic mass is 9.84. The van der Waals surface area contributed by atoms with Gasteiger partial charge in [0.15, 0.2) is 0 Å². The molecular formula is C23H30N4O6. The molecule has 3 aliphatic rings. The maximum absolute atomic E-state index is 13.1. The predicted molar refractivity (Wildman–Crippen MR) is 120 cm³/mol. The number of nitrogens with zero attached hydrogens (tertiary/aromatic N) is 2. The molecule has 2 fully saturated rings. The summed E-state index contributed by atoms with van der Waals surface area (Å²) in [5.74, 6) is -1.23. The Morgan fingerprint density at radius 2 is 2.03 bits per heavy atom. The van der Waals surface area contributed by atoms with Gasteiger partial charge in [-0.25, -0.2) is 4.79 Å². The number of nitrogens with two attached hydrogens (primary N) is 1. The quantitative estimate of drug-likeness (QED) is 0.448. The van der Waals surface area contributed by atoms with Gasteiger partial charge >= 0.3 is 5.97 Å². The van der Waals surface area contributed by atoms with E-state index in [1.165, 1.54) is 12.1 Å². The highest BCUT2D eigenvalue weighted by Gasteiger charge is 2.47. The molecule has 4 N–H and O–H groups in total. The second-order valence-corrected chi connectivity index (χ2v) is 9.06. The third-order valence-corrected chi connectivity index (χ3v) is 7.05. The van der Waals surface area contributed by atoms with Crippen LogP contribution in [0.5, 0.6) is 5.75 Å². The molecule has 2 saturated heterocycles. The molecular weight excluding hydrogens is 428 g/mol. The number of phenolic OH excluding ortho intramolecular Hbond substituents is 1. The number of phenols is 1. The van der Waals surface area contributed by atoms with Crippen LogP contribution in [0, 0.1) is 12.8 Å². The lowest BCUT2D eigenvalue weighted by Gasteiger charge is -2.42. The average molecular weight is 459 g/mol. The number of aromatic hydroxyl groups is 1. The molecule has 178 valence electrons. The van der Waals surface area contributed by atoms with Crippen molar-refractivity contribution in [3.05, 3.63) is 23.3 Å². The maximum Gasteiger partial charge on any atom is 0.343 e. The number of nitrogens with one attached hydrogen (secondary N) is 1. The molecule has 1 aromatic rings. The summed E-state index contributed by atoms with van der Waals surface area (Å²) < 4.78 is 6.10. The summed E-state index contributed by atoms with van der Waals surface area (Å²) in [5, 5.41) is 16.6. The zero-order valence-corrected chi connectivity index (χ0v) is 18.9. The van der Waals surface area contributed by atoms with Crippen molar-refractivity contribution in [2.45, 2.75) is 57.6 Å². The number of anilines is 1. The van der Waals surface area contributed by atoms with Crippen LogP contribution in [-0.4, -0.2) is 64.8 Å². The van der Waals surface area contributed by atoms with Gasteiger partial charge in [-0.1, -0.05) is 5.16 Å². The smallest absolute Gasteiger partial charge is 0.343 e. The standard InChI is InChI=1S/C23H30N4O6/c1-13-17(11-15(28)12-18(13)24)21(30)27-8-6-23(7-9-27)19(5-10-32-23)25-20(29)4-3-16-14(2)26-33-22(16)31/h11-12,16,19,28H,3-10,24H2,1-2H3,(H,25,29). The number of piperidine rings is 1.